The van der Waals surface area contributed by atoms with Gasteiger partial charge in [-0.1, -0.05) is 19.9 Å². The van der Waals surface area contributed by atoms with Gasteiger partial charge in [0.25, 0.3) is 0 Å². The molecule has 0 atom stereocenters. The highest BCUT2D eigenvalue weighted by molar-refractivity contribution is 7.80. The Labute approximate surface area is 109 Å². The molecule has 2 N–H and O–H groups in total. The number of rotatable bonds is 4. The van der Waals surface area contributed by atoms with Crippen LogP contribution in [0.4, 0.5) is 11.4 Å². The average Bonchev–Trinajstić information content (AvgIpc) is 2.26. The minimum atomic E-state index is 0.586. The van der Waals surface area contributed by atoms with E-state index in [0.717, 1.165) is 17.9 Å². The summed E-state index contributed by atoms with van der Waals surface area (Å²) in [5.74, 6) is 0.586. The Hall–Kier alpha value is -1.29. The van der Waals surface area contributed by atoms with Gasteiger partial charge in [0.15, 0.2) is 5.11 Å². The predicted octanol–water partition coefficient (Wildman–Crippen LogP) is 2.70. The SMILES string of the molecule is CC(C)CNC(=S)Nc1cccc(N(C)C)c1. The molecule has 0 aliphatic heterocycles. The molecule has 4 heteroatoms. The molecule has 0 radical (unpaired) electrons. The molecule has 1 aromatic rings. The van der Waals surface area contributed by atoms with E-state index in [1.165, 1.54) is 0 Å². The number of hydrogen-bond acceptors (Lipinski definition) is 2. The fourth-order valence-corrected chi connectivity index (χ4v) is 1.54. The quantitative estimate of drug-likeness (QED) is 0.805. The summed E-state index contributed by atoms with van der Waals surface area (Å²) in [5.41, 5.74) is 2.17. The Morgan fingerprint density at radius 1 is 1.35 bits per heavy atom. The maximum absolute atomic E-state index is 5.23. The molecule has 0 fully saturated rings. The highest BCUT2D eigenvalue weighted by atomic mass is 32.1. The molecule has 1 rings (SSSR count). The maximum Gasteiger partial charge on any atom is 0.170 e. The summed E-state index contributed by atoms with van der Waals surface area (Å²) in [5, 5.41) is 7.05. The molecule has 0 bridgehead atoms. The number of hydrogen-bond donors (Lipinski definition) is 2. The molecule has 1 aromatic carbocycles. The predicted molar refractivity (Wildman–Crippen MR) is 79.8 cm³/mol. The van der Waals surface area contributed by atoms with Crippen LogP contribution in [0.2, 0.25) is 0 Å². The van der Waals surface area contributed by atoms with Crippen molar-refractivity contribution in [2.75, 3.05) is 30.9 Å². The van der Waals surface area contributed by atoms with Crippen LogP contribution in [0.3, 0.4) is 0 Å². The highest BCUT2D eigenvalue weighted by Crippen LogP contribution is 2.16. The van der Waals surface area contributed by atoms with Crippen LogP contribution in [0.1, 0.15) is 13.8 Å². The lowest BCUT2D eigenvalue weighted by molar-refractivity contribution is 0.627. The van der Waals surface area contributed by atoms with Gasteiger partial charge in [0.1, 0.15) is 0 Å². The lowest BCUT2D eigenvalue weighted by atomic mass is 10.2. The van der Waals surface area contributed by atoms with E-state index < -0.39 is 0 Å². The largest absolute Gasteiger partial charge is 0.378 e. The van der Waals surface area contributed by atoms with Crippen LogP contribution in [-0.2, 0) is 0 Å². The number of anilines is 2. The van der Waals surface area contributed by atoms with Crippen LogP contribution >= 0.6 is 12.2 Å². The first-order valence-corrected chi connectivity index (χ1v) is 6.22. The molecular weight excluding hydrogens is 230 g/mol. The normalized spacial score (nSPS) is 10.2. The molecular formula is C13H21N3S. The smallest absolute Gasteiger partial charge is 0.170 e. The van der Waals surface area contributed by atoms with Crippen LogP contribution < -0.4 is 15.5 Å². The number of thiocarbonyl (C=S) groups is 1. The zero-order valence-electron chi connectivity index (χ0n) is 10.9. The summed E-state index contributed by atoms with van der Waals surface area (Å²) >= 11 is 5.23. The van der Waals surface area contributed by atoms with Crippen molar-refractivity contribution in [3.8, 4) is 0 Å². The number of benzene rings is 1. The van der Waals surface area contributed by atoms with Gasteiger partial charge in [-0.05, 0) is 36.3 Å². The second kappa shape index (κ2) is 6.45. The summed E-state index contributed by atoms with van der Waals surface area (Å²) in [6, 6.07) is 8.16. The van der Waals surface area contributed by atoms with Gasteiger partial charge < -0.3 is 15.5 Å². The monoisotopic (exact) mass is 251 g/mol. The van der Waals surface area contributed by atoms with Crippen molar-refractivity contribution in [3.05, 3.63) is 24.3 Å². The summed E-state index contributed by atoms with van der Waals surface area (Å²) in [6.45, 7) is 5.20. The second-order valence-corrected chi connectivity index (χ2v) is 5.08. The van der Waals surface area contributed by atoms with E-state index in [1.807, 2.05) is 26.2 Å². The first-order valence-electron chi connectivity index (χ1n) is 5.81. The van der Waals surface area contributed by atoms with Crippen molar-refractivity contribution in [1.82, 2.24) is 5.32 Å². The van der Waals surface area contributed by atoms with Gasteiger partial charge in [0, 0.05) is 32.0 Å². The Morgan fingerprint density at radius 2 is 2.06 bits per heavy atom. The van der Waals surface area contributed by atoms with E-state index in [1.54, 1.807) is 0 Å². The summed E-state index contributed by atoms with van der Waals surface area (Å²) in [4.78, 5) is 2.07. The van der Waals surface area contributed by atoms with Gasteiger partial charge in [0.2, 0.25) is 0 Å². The van der Waals surface area contributed by atoms with Gasteiger partial charge in [-0.15, -0.1) is 0 Å². The van der Waals surface area contributed by atoms with Gasteiger partial charge in [-0.25, -0.2) is 0 Å². The van der Waals surface area contributed by atoms with Crippen molar-refractivity contribution < 1.29 is 0 Å². The molecule has 0 saturated carbocycles. The zero-order valence-corrected chi connectivity index (χ0v) is 11.8. The third-order valence-corrected chi connectivity index (χ3v) is 2.54. The molecule has 94 valence electrons. The standard InChI is InChI=1S/C13H21N3S/c1-10(2)9-14-13(17)15-11-6-5-7-12(8-11)16(3)4/h5-8,10H,9H2,1-4H3,(H2,14,15,17). The van der Waals surface area contributed by atoms with Gasteiger partial charge >= 0.3 is 0 Å². The fraction of sp³-hybridized carbons (Fsp3) is 0.462. The molecule has 3 nitrogen and oxygen atoms in total. The van der Waals surface area contributed by atoms with Crippen LogP contribution in [-0.4, -0.2) is 25.8 Å². The molecule has 0 aromatic heterocycles. The minimum Gasteiger partial charge on any atom is -0.378 e. The first kappa shape index (κ1) is 13.8. The van der Waals surface area contributed by atoms with Crippen molar-refractivity contribution >= 4 is 28.7 Å². The Morgan fingerprint density at radius 3 is 2.65 bits per heavy atom. The molecule has 0 aliphatic carbocycles. The highest BCUT2D eigenvalue weighted by Gasteiger charge is 2.01. The summed E-state index contributed by atoms with van der Waals surface area (Å²) in [6.07, 6.45) is 0. The summed E-state index contributed by atoms with van der Waals surface area (Å²) in [7, 11) is 4.04. The Bertz CT molecular complexity index is 375. The third-order valence-electron chi connectivity index (χ3n) is 2.29. The van der Waals surface area contributed by atoms with Crippen LogP contribution in [0.5, 0.6) is 0 Å². The van der Waals surface area contributed by atoms with E-state index in [9.17, 15) is 0 Å². The maximum atomic E-state index is 5.23. The van der Waals surface area contributed by atoms with Crippen molar-refractivity contribution in [3.63, 3.8) is 0 Å². The topological polar surface area (TPSA) is 27.3 Å². The molecule has 0 unspecified atom stereocenters. The van der Waals surface area contributed by atoms with E-state index in [2.05, 4.69) is 41.5 Å². The van der Waals surface area contributed by atoms with Gasteiger partial charge in [0.05, 0.1) is 0 Å². The average molecular weight is 251 g/mol. The third kappa shape index (κ3) is 5.04. The Kier molecular flexibility index (Phi) is 5.22. The zero-order chi connectivity index (χ0) is 12.8. The molecule has 0 saturated heterocycles. The lowest BCUT2D eigenvalue weighted by Gasteiger charge is -2.16. The van der Waals surface area contributed by atoms with E-state index in [4.69, 9.17) is 12.2 Å². The lowest BCUT2D eigenvalue weighted by Crippen LogP contribution is -2.31. The minimum absolute atomic E-state index is 0.586. The van der Waals surface area contributed by atoms with Crippen molar-refractivity contribution in [2.45, 2.75) is 13.8 Å². The molecule has 17 heavy (non-hydrogen) atoms. The molecule has 0 aliphatic rings. The second-order valence-electron chi connectivity index (χ2n) is 4.67. The molecule has 0 heterocycles. The molecule has 0 spiro atoms. The van der Waals surface area contributed by atoms with Crippen LogP contribution in [0.15, 0.2) is 24.3 Å². The van der Waals surface area contributed by atoms with Gasteiger partial charge in [-0.2, -0.15) is 0 Å². The number of nitrogens with one attached hydrogen (secondary N) is 2. The van der Waals surface area contributed by atoms with Crippen molar-refractivity contribution in [1.29, 1.82) is 0 Å². The summed E-state index contributed by atoms with van der Waals surface area (Å²) < 4.78 is 0. The van der Waals surface area contributed by atoms with E-state index >= 15 is 0 Å². The first-order chi connectivity index (χ1) is 7.99. The fourth-order valence-electron chi connectivity index (χ4n) is 1.33. The number of nitrogens with zero attached hydrogens (tertiary/aromatic N) is 1. The van der Waals surface area contributed by atoms with Gasteiger partial charge in [-0.3, -0.25) is 0 Å². The van der Waals surface area contributed by atoms with Crippen LogP contribution in [0, 0.1) is 5.92 Å². The van der Waals surface area contributed by atoms with E-state index in [0.29, 0.717) is 11.0 Å². The molecule has 0 amide bonds. The van der Waals surface area contributed by atoms with Crippen LogP contribution in [0.25, 0.3) is 0 Å². The van der Waals surface area contributed by atoms with Crippen molar-refractivity contribution in [2.24, 2.45) is 5.92 Å². The Balaban J connectivity index is 2.56. The van der Waals surface area contributed by atoms with E-state index in [-0.39, 0.29) is 0 Å².